The molecule has 2 aromatic heterocycles. The number of anilines is 1. The first kappa shape index (κ1) is 13.5. The van der Waals surface area contributed by atoms with E-state index in [-0.39, 0.29) is 10.7 Å². The van der Waals surface area contributed by atoms with Gasteiger partial charge in [-0.2, -0.15) is 5.10 Å². The van der Waals surface area contributed by atoms with E-state index in [1.807, 2.05) is 0 Å². The second-order valence-electron chi connectivity index (χ2n) is 4.00. The molecule has 19 heavy (non-hydrogen) atoms. The van der Waals surface area contributed by atoms with Gasteiger partial charge < -0.3 is 5.73 Å². The van der Waals surface area contributed by atoms with Crippen LogP contribution in [0.4, 0.5) is 5.82 Å². The zero-order chi connectivity index (χ0) is 13.9. The molecule has 2 rings (SSSR count). The maximum atomic E-state index is 12.1. The monoisotopic (exact) mass is 281 g/mol. The molecular formula is C11H15N5O2S. The smallest absolute Gasteiger partial charge is 0.266 e. The average molecular weight is 281 g/mol. The largest absolute Gasteiger partial charge is 0.329 e. The Labute approximate surface area is 111 Å². The normalized spacial score (nSPS) is 11.5. The summed E-state index contributed by atoms with van der Waals surface area (Å²) in [4.78, 5) is 4.18. The van der Waals surface area contributed by atoms with Crippen LogP contribution in [-0.4, -0.2) is 29.7 Å². The van der Waals surface area contributed by atoms with Gasteiger partial charge in [0.1, 0.15) is 10.7 Å². The molecule has 0 atom stereocenters. The molecule has 0 radical (unpaired) electrons. The van der Waals surface area contributed by atoms with Gasteiger partial charge in [-0.1, -0.05) is 6.07 Å². The van der Waals surface area contributed by atoms with Crippen molar-refractivity contribution in [2.75, 3.05) is 11.3 Å². The van der Waals surface area contributed by atoms with Gasteiger partial charge in [-0.15, -0.1) is 0 Å². The van der Waals surface area contributed by atoms with Crippen molar-refractivity contribution in [3.8, 4) is 0 Å². The molecule has 102 valence electrons. The van der Waals surface area contributed by atoms with Crippen molar-refractivity contribution in [2.45, 2.75) is 18.4 Å². The lowest BCUT2D eigenvalue weighted by atomic mass is 10.4. The summed E-state index contributed by atoms with van der Waals surface area (Å²) in [5.74, 6) is 0.284. The summed E-state index contributed by atoms with van der Waals surface area (Å²) in [7, 11) is -3.66. The molecule has 0 spiro atoms. The molecule has 0 aromatic carbocycles. The first-order valence-electron chi connectivity index (χ1n) is 5.70. The van der Waals surface area contributed by atoms with Crippen LogP contribution in [0.2, 0.25) is 0 Å². The zero-order valence-electron chi connectivity index (χ0n) is 10.4. The molecule has 0 unspecified atom stereocenters. The maximum absolute atomic E-state index is 12.1. The summed E-state index contributed by atoms with van der Waals surface area (Å²) in [6.45, 7) is 2.66. The Morgan fingerprint density at radius 2 is 2.21 bits per heavy atom. The van der Waals surface area contributed by atoms with Crippen LogP contribution in [0.3, 0.4) is 0 Å². The van der Waals surface area contributed by atoms with Gasteiger partial charge in [0.2, 0.25) is 0 Å². The van der Waals surface area contributed by atoms with Crippen molar-refractivity contribution in [1.29, 1.82) is 0 Å². The Balaban J connectivity index is 2.22. The highest BCUT2D eigenvalue weighted by molar-refractivity contribution is 7.92. The predicted molar refractivity (Wildman–Crippen MR) is 71.1 cm³/mol. The minimum absolute atomic E-state index is 0.0873. The van der Waals surface area contributed by atoms with E-state index < -0.39 is 10.0 Å². The highest BCUT2D eigenvalue weighted by atomic mass is 32.2. The summed E-state index contributed by atoms with van der Waals surface area (Å²) in [6.07, 6.45) is 2.72. The lowest BCUT2D eigenvalue weighted by Gasteiger charge is -2.05. The number of pyridine rings is 1. The maximum Gasteiger partial charge on any atom is 0.266 e. The van der Waals surface area contributed by atoms with E-state index in [2.05, 4.69) is 14.8 Å². The Bertz CT molecular complexity index is 665. The average Bonchev–Trinajstić information content (AvgIpc) is 2.78. The highest BCUT2D eigenvalue weighted by Gasteiger charge is 2.17. The van der Waals surface area contributed by atoms with E-state index in [0.29, 0.717) is 13.1 Å². The fraction of sp³-hybridized carbons (Fsp3) is 0.273. The fourth-order valence-corrected chi connectivity index (χ4v) is 2.49. The van der Waals surface area contributed by atoms with Crippen LogP contribution in [0.15, 0.2) is 35.5 Å². The summed E-state index contributed by atoms with van der Waals surface area (Å²) in [5.41, 5.74) is 6.12. The van der Waals surface area contributed by atoms with E-state index >= 15 is 0 Å². The van der Waals surface area contributed by atoms with Gasteiger partial charge in [-0.25, -0.2) is 13.4 Å². The molecule has 8 heteroatoms. The molecular weight excluding hydrogens is 266 g/mol. The number of nitrogens with one attached hydrogen (secondary N) is 1. The molecule has 0 bridgehead atoms. The van der Waals surface area contributed by atoms with E-state index in [9.17, 15) is 8.42 Å². The standard InChI is InChI=1S/C11H15N5O2S/c1-9-3-2-4-11(14-9)15-19(17,18)10-7-13-16(8-10)6-5-12/h2-4,7-8H,5-6,12H2,1H3,(H,14,15). The first-order valence-corrected chi connectivity index (χ1v) is 7.18. The molecule has 0 saturated heterocycles. The van der Waals surface area contributed by atoms with Crippen molar-refractivity contribution in [3.05, 3.63) is 36.3 Å². The van der Waals surface area contributed by atoms with Gasteiger partial charge in [-0.3, -0.25) is 9.40 Å². The van der Waals surface area contributed by atoms with Gasteiger partial charge in [0.05, 0.1) is 12.7 Å². The SMILES string of the molecule is Cc1cccc(NS(=O)(=O)c2cnn(CCN)c2)n1. The first-order chi connectivity index (χ1) is 9.01. The summed E-state index contributed by atoms with van der Waals surface area (Å²) < 4.78 is 28.1. The Kier molecular flexibility index (Phi) is 3.82. The van der Waals surface area contributed by atoms with E-state index in [4.69, 9.17) is 5.73 Å². The number of hydrogen-bond acceptors (Lipinski definition) is 5. The number of nitrogens with two attached hydrogens (primary N) is 1. The molecule has 0 aliphatic heterocycles. The minimum Gasteiger partial charge on any atom is -0.329 e. The number of aryl methyl sites for hydroxylation is 1. The van der Waals surface area contributed by atoms with E-state index in [1.54, 1.807) is 25.1 Å². The molecule has 0 amide bonds. The van der Waals surface area contributed by atoms with Crippen LogP contribution < -0.4 is 10.5 Å². The van der Waals surface area contributed by atoms with Crippen molar-refractivity contribution in [3.63, 3.8) is 0 Å². The minimum atomic E-state index is -3.66. The molecule has 0 aliphatic rings. The lowest BCUT2D eigenvalue weighted by molar-refractivity contribution is 0.599. The number of hydrogen-bond donors (Lipinski definition) is 2. The third-order valence-corrected chi connectivity index (χ3v) is 3.71. The molecule has 0 aliphatic carbocycles. The number of nitrogens with zero attached hydrogens (tertiary/aromatic N) is 3. The van der Waals surface area contributed by atoms with Crippen LogP contribution in [-0.2, 0) is 16.6 Å². The van der Waals surface area contributed by atoms with Gasteiger partial charge in [0.25, 0.3) is 10.0 Å². The van der Waals surface area contributed by atoms with E-state index in [1.165, 1.54) is 17.1 Å². The number of aromatic nitrogens is 3. The van der Waals surface area contributed by atoms with Crippen LogP contribution in [0.5, 0.6) is 0 Å². The van der Waals surface area contributed by atoms with Gasteiger partial charge in [-0.05, 0) is 19.1 Å². The molecule has 0 fully saturated rings. The van der Waals surface area contributed by atoms with Crippen molar-refractivity contribution < 1.29 is 8.42 Å². The van der Waals surface area contributed by atoms with Gasteiger partial charge in [0, 0.05) is 18.4 Å². The lowest BCUT2D eigenvalue weighted by Crippen LogP contribution is -2.14. The Hall–Kier alpha value is -1.93. The Morgan fingerprint density at radius 3 is 2.89 bits per heavy atom. The predicted octanol–water partition coefficient (Wildman–Crippen LogP) is 0.346. The summed E-state index contributed by atoms with van der Waals surface area (Å²) >= 11 is 0. The second kappa shape index (κ2) is 5.37. The number of rotatable bonds is 5. The van der Waals surface area contributed by atoms with E-state index in [0.717, 1.165) is 5.69 Å². The molecule has 2 heterocycles. The van der Waals surface area contributed by atoms with Crippen LogP contribution in [0, 0.1) is 6.92 Å². The van der Waals surface area contributed by atoms with Crippen molar-refractivity contribution in [1.82, 2.24) is 14.8 Å². The highest BCUT2D eigenvalue weighted by Crippen LogP contribution is 2.13. The zero-order valence-corrected chi connectivity index (χ0v) is 11.3. The van der Waals surface area contributed by atoms with Crippen molar-refractivity contribution in [2.24, 2.45) is 5.73 Å². The summed E-state index contributed by atoms with van der Waals surface area (Å²) in [6, 6.07) is 5.12. The fourth-order valence-electron chi connectivity index (χ4n) is 1.53. The van der Waals surface area contributed by atoms with Crippen LogP contribution in [0.1, 0.15) is 5.69 Å². The van der Waals surface area contributed by atoms with Gasteiger partial charge in [0.15, 0.2) is 0 Å². The van der Waals surface area contributed by atoms with Crippen molar-refractivity contribution >= 4 is 15.8 Å². The third kappa shape index (κ3) is 3.30. The molecule has 7 nitrogen and oxygen atoms in total. The number of sulfonamides is 1. The molecule has 0 saturated carbocycles. The summed E-state index contributed by atoms with van der Waals surface area (Å²) in [5, 5.41) is 3.93. The second-order valence-corrected chi connectivity index (χ2v) is 5.68. The van der Waals surface area contributed by atoms with Crippen LogP contribution in [0.25, 0.3) is 0 Å². The quantitative estimate of drug-likeness (QED) is 0.823. The third-order valence-electron chi connectivity index (χ3n) is 2.41. The topological polar surface area (TPSA) is 103 Å². The van der Waals surface area contributed by atoms with Gasteiger partial charge >= 0.3 is 0 Å². The van der Waals surface area contributed by atoms with Crippen LogP contribution >= 0.6 is 0 Å². The molecule has 3 N–H and O–H groups in total. The molecule has 2 aromatic rings. The Morgan fingerprint density at radius 1 is 1.42 bits per heavy atom.